The van der Waals surface area contributed by atoms with E-state index in [-0.39, 0.29) is 17.9 Å². The Labute approximate surface area is 141 Å². The minimum atomic E-state index is -0.593. The summed E-state index contributed by atoms with van der Waals surface area (Å²) in [6, 6.07) is 6.86. The summed E-state index contributed by atoms with van der Waals surface area (Å²) in [5.74, 6) is 0.413. The van der Waals surface area contributed by atoms with Crippen molar-refractivity contribution in [3.05, 3.63) is 41.9 Å². The summed E-state index contributed by atoms with van der Waals surface area (Å²) in [6.45, 7) is 8.65. The van der Waals surface area contributed by atoms with Crippen molar-refractivity contribution in [2.45, 2.75) is 26.0 Å². The summed E-state index contributed by atoms with van der Waals surface area (Å²) >= 11 is 5.83. The molecule has 0 radical (unpaired) electrons. The van der Waals surface area contributed by atoms with Gasteiger partial charge in [-0.2, -0.15) is 0 Å². The standard InChI is InChI=1S/C17H21ClN2O3/c1-4-16(21)20-10-9-19(11-12(20)2)17(22)13(3)23-15-7-5-14(18)6-8-15/h4-8,12-13H,1,9-11H2,2-3H3/t12-,13?/m1/s1. The van der Waals surface area contributed by atoms with Gasteiger partial charge < -0.3 is 14.5 Å². The highest BCUT2D eigenvalue weighted by Gasteiger charge is 2.31. The summed E-state index contributed by atoms with van der Waals surface area (Å²) < 4.78 is 5.67. The fourth-order valence-electron chi connectivity index (χ4n) is 2.63. The summed E-state index contributed by atoms with van der Waals surface area (Å²) in [4.78, 5) is 27.7. The van der Waals surface area contributed by atoms with E-state index in [1.807, 2.05) is 6.92 Å². The van der Waals surface area contributed by atoms with Crippen LogP contribution in [0.2, 0.25) is 5.02 Å². The number of halogens is 1. The van der Waals surface area contributed by atoms with Gasteiger partial charge >= 0.3 is 0 Å². The smallest absolute Gasteiger partial charge is 0.263 e. The number of ether oxygens (including phenoxy) is 1. The van der Waals surface area contributed by atoms with Crippen LogP contribution in [0.15, 0.2) is 36.9 Å². The molecule has 1 aliphatic rings. The van der Waals surface area contributed by atoms with Crippen LogP contribution in [-0.2, 0) is 9.59 Å². The Balaban J connectivity index is 1.94. The molecule has 23 heavy (non-hydrogen) atoms. The number of benzene rings is 1. The Morgan fingerprint density at radius 1 is 1.35 bits per heavy atom. The molecule has 1 saturated heterocycles. The molecule has 1 unspecified atom stereocenters. The van der Waals surface area contributed by atoms with E-state index in [2.05, 4.69) is 6.58 Å². The number of hydrogen-bond acceptors (Lipinski definition) is 3. The molecule has 2 amide bonds. The van der Waals surface area contributed by atoms with E-state index in [4.69, 9.17) is 16.3 Å². The van der Waals surface area contributed by atoms with Gasteiger partial charge in [0.25, 0.3) is 5.91 Å². The summed E-state index contributed by atoms with van der Waals surface area (Å²) in [5.41, 5.74) is 0. The van der Waals surface area contributed by atoms with E-state index in [0.717, 1.165) is 0 Å². The number of hydrogen-bond donors (Lipinski definition) is 0. The van der Waals surface area contributed by atoms with E-state index < -0.39 is 6.10 Å². The SMILES string of the molecule is C=CC(=O)N1CCN(C(=O)C(C)Oc2ccc(Cl)cc2)C[C@H]1C. The molecule has 1 aromatic carbocycles. The van der Waals surface area contributed by atoms with Crippen LogP contribution in [0.25, 0.3) is 0 Å². The van der Waals surface area contributed by atoms with Gasteiger partial charge in [0.2, 0.25) is 5.91 Å². The lowest BCUT2D eigenvalue weighted by atomic mass is 10.1. The second-order valence-electron chi connectivity index (χ2n) is 5.58. The van der Waals surface area contributed by atoms with Crippen molar-refractivity contribution in [1.82, 2.24) is 9.80 Å². The van der Waals surface area contributed by atoms with Crippen molar-refractivity contribution in [3.8, 4) is 5.75 Å². The van der Waals surface area contributed by atoms with Gasteiger partial charge in [-0.3, -0.25) is 9.59 Å². The Kier molecular flexibility index (Phi) is 5.66. The summed E-state index contributed by atoms with van der Waals surface area (Å²) in [7, 11) is 0. The van der Waals surface area contributed by atoms with Gasteiger partial charge in [0.05, 0.1) is 0 Å². The number of piperazine rings is 1. The van der Waals surface area contributed by atoms with Gasteiger partial charge in [-0.15, -0.1) is 0 Å². The normalized spacial score (nSPS) is 19.2. The van der Waals surface area contributed by atoms with E-state index in [9.17, 15) is 9.59 Å². The van der Waals surface area contributed by atoms with Crippen LogP contribution in [0, 0.1) is 0 Å². The zero-order chi connectivity index (χ0) is 17.0. The summed E-state index contributed by atoms with van der Waals surface area (Å²) in [6.07, 6.45) is 0.713. The topological polar surface area (TPSA) is 49.9 Å². The molecule has 6 heteroatoms. The van der Waals surface area contributed by atoms with Gasteiger partial charge in [-0.25, -0.2) is 0 Å². The van der Waals surface area contributed by atoms with Crippen molar-refractivity contribution in [1.29, 1.82) is 0 Å². The monoisotopic (exact) mass is 336 g/mol. The van der Waals surface area contributed by atoms with Crippen LogP contribution in [0.1, 0.15) is 13.8 Å². The highest BCUT2D eigenvalue weighted by atomic mass is 35.5. The molecule has 0 aromatic heterocycles. The molecular weight excluding hydrogens is 316 g/mol. The lowest BCUT2D eigenvalue weighted by Gasteiger charge is -2.40. The first kappa shape index (κ1) is 17.3. The highest BCUT2D eigenvalue weighted by molar-refractivity contribution is 6.30. The molecule has 1 fully saturated rings. The van der Waals surface area contributed by atoms with Crippen molar-refractivity contribution >= 4 is 23.4 Å². The van der Waals surface area contributed by atoms with Gasteiger partial charge in [0.1, 0.15) is 5.75 Å². The fraction of sp³-hybridized carbons (Fsp3) is 0.412. The van der Waals surface area contributed by atoms with E-state index >= 15 is 0 Å². The van der Waals surface area contributed by atoms with Gasteiger partial charge in [-0.05, 0) is 44.2 Å². The van der Waals surface area contributed by atoms with Crippen molar-refractivity contribution < 1.29 is 14.3 Å². The second kappa shape index (κ2) is 7.51. The Bertz CT molecular complexity index is 588. The molecule has 2 rings (SSSR count). The average molecular weight is 337 g/mol. The van der Waals surface area contributed by atoms with Crippen molar-refractivity contribution in [3.63, 3.8) is 0 Å². The van der Waals surface area contributed by atoms with Crippen LogP contribution in [0.3, 0.4) is 0 Å². The first-order valence-corrected chi connectivity index (χ1v) is 7.94. The van der Waals surface area contributed by atoms with Crippen molar-refractivity contribution in [2.24, 2.45) is 0 Å². The van der Waals surface area contributed by atoms with E-state index in [1.54, 1.807) is 41.0 Å². The third kappa shape index (κ3) is 4.26. The first-order valence-electron chi connectivity index (χ1n) is 7.56. The van der Waals surface area contributed by atoms with Gasteiger partial charge in [0, 0.05) is 30.7 Å². The average Bonchev–Trinajstić information content (AvgIpc) is 2.55. The molecule has 2 atom stereocenters. The Hall–Kier alpha value is -2.01. The number of amides is 2. The second-order valence-corrected chi connectivity index (χ2v) is 6.02. The van der Waals surface area contributed by atoms with E-state index in [1.165, 1.54) is 6.08 Å². The Morgan fingerprint density at radius 3 is 2.57 bits per heavy atom. The number of rotatable bonds is 4. The van der Waals surface area contributed by atoms with Crippen LogP contribution >= 0.6 is 11.6 Å². The third-order valence-electron chi connectivity index (χ3n) is 3.87. The molecule has 0 saturated carbocycles. The zero-order valence-electron chi connectivity index (χ0n) is 13.4. The predicted molar refractivity (Wildman–Crippen MR) is 89.5 cm³/mol. The molecule has 0 N–H and O–H groups in total. The quantitative estimate of drug-likeness (QED) is 0.793. The van der Waals surface area contributed by atoms with Crippen LogP contribution in [0.5, 0.6) is 5.75 Å². The molecule has 1 aliphatic heterocycles. The van der Waals surface area contributed by atoms with Crippen LogP contribution in [0.4, 0.5) is 0 Å². The maximum Gasteiger partial charge on any atom is 0.263 e. The van der Waals surface area contributed by atoms with Crippen LogP contribution in [-0.4, -0.2) is 53.4 Å². The molecule has 5 nitrogen and oxygen atoms in total. The Morgan fingerprint density at radius 2 is 2.00 bits per heavy atom. The molecule has 0 bridgehead atoms. The molecule has 0 spiro atoms. The highest BCUT2D eigenvalue weighted by Crippen LogP contribution is 2.18. The molecule has 124 valence electrons. The number of carbonyl (C=O) groups excluding carboxylic acids is 2. The third-order valence-corrected chi connectivity index (χ3v) is 4.12. The first-order chi connectivity index (χ1) is 10.9. The van der Waals surface area contributed by atoms with Gasteiger partial charge in [-0.1, -0.05) is 18.2 Å². The number of nitrogens with zero attached hydrogens (tertiary/aromatic N) is 2. The zero-order valence-corrected chi connectivity index (χ0v) is 14.1. The molecule has 0 aliphatic carbocycles. The number of carbonyl (C=O) groups is 2. The largest absolute Gasteiger partial charge is 0.481 e. The fourth-order valence-corrected chi connectivity index (χ4v) is 2.75. The maximum atomic E-state index is 12.5. The van der Waals surface area contributed by atoms with Gasteiger partial charge in [0.15, 0.2) is 6.10 Å². The summed E-state index contributed by atoms with van der Waals surface area (Å²) in [5, 5.41) is 0.619. The minimum absolute atomic E-state index is 0.0408. The predicted octanol–water partition coefficient (Wildman–Crippen LogP) is 2.35. The minimum Gasteiger partial charge on any atom is -0.481 e. The lowest BCUT2D eigenvalue weighted by molar-refractivity contribution is -0.144. The van der Waals surface area contributed by atoms with Crippen molar-refractivity contribution in [2.75, 3.05) is 19.6 Å². The van der Waals surface area contributed by atoms with E-state index in [0.29, 0.717) is 30.4 Å². The maximum absolute atomic E-state index is 12.5. The molecular formula is C17H21ClN2O3. The molecule has 1 aromatic rings. The van der Waals surface area contributed by atoms with Crippen LogP contribution < -0.4 is 4.74 Å². The lowest BCUT2D eigenvalue weighted by Crippen LogP contribution is -2.57. The molecule has 1 heterocycles.